The number of rotatable bonds is 6. The molecule has 0 amide bonds. The van der Waals surface area contributed by atoms with E-state index < -0.39 is 10.0 Å². The zero-order chi connectivity index (χ0) is 17.0. The minimum Gasteiger partial charge on any atom is -0.355 e. The lowest BCUT2D eigenvalue weighted by Crippen LogP contribution is -2.28. The van der Waals surface area contributed by atoms with Crippen LogP contribution in [-0.4, -0.2) is 53.6 Å². The summed E-state index contributed by atoms with van der Waals surface area (Å²) in [6, 6.07) is 3.90. The Morgan fingerprint density at radius 3 is 2.58 bits per heavy atom. The van der Waals surface area contributed by atoms with Crippen molar-refractivity contribution in [2.24, 2.45) is 0 Å². The molecular weight excluding hydrogens is 328 g/mol. The highest BCUT2D eigenvalue weighted by Gasteiger charge is 2.14. The fraction of sp³-hybridized carbons (Fsp3) is 0.667. The standard InChI is InChI=1S/C15H24N6O2S/c1-2-24(22,23)16-10-9-14-18-17-13-7-8-15(19-21(13)14)20-11-5-3-4-6-12-20/h7-8,16H,2-6,9-12H2,1H3. The summed E-state index contributed by atoms with van der Waals surface area (Å²) in [6.07, 6.45) is 5.38. The van der Waals surface area contributed by atoms with Crippen LogP contribution in [0.5, 0.6) is 0 Å². The first-order chi connectivity index (χ1) is 11.6. The summed E-state index contributed by atoms with van der Waals surface area (Å²) in [5.41, 5.74) is 0.682. The highest BCUT2D eigenvalue weighted by Crippen LogP contribution is 2.17. The summed E-state index contributed by atoms with van der Waals surface area (Å²) in [6.45, 7) is 3.95. The highest BCUT2D eigenvalue weighted by atomic mass is 32.2. The van der Waals surface area contributed by atoms with Gasteiger partial charge < -0.3 is 4.90 Å². The van der Waals surface area contributed by atoms with E-state index in [1.807, 2.05) is 12.1 Å². The van der Waals surface area contributed by atoms with Crippen LogP contribution in [-0.2, 0) is 16.4 Å². The maximum Gasteiger partial charge on any atom is 0.211 e. The van der Waals surface area contributed by atoms with Gasteiger partial charge in [-0.2, -0.15) is 4.52 Å². The monoisotopic (exact) mass is 352 g/mol. The molecule has 9 heteroatoms. The number of fused-ring (bicyclic) bond motifs is 1. The molecule has 132 valence electrons. The third kappa shape index (κ3) is 4.02. The number of sulfonamides is 1. The molecular formula is C15H24N6O2S. The van der Waals surface area contributed by atoms with E-state index in [-0.39, 0.29) is 5.75 Å². The first-order valence-electron chi connectivity index (χ1n) is 8.53. The van der Waals surface area contributed by atoms with Crippen LogP contribution in [0.1, 0.15) is 38.4 Å². The largest absolute Gasteiger partial charge is 0.355 e. The van der Waals surface area contributed by atoms with E-state index in [0.29, 0.717) is 24.4 Å². The number of aromatic nitrogens is 4. The van der Waals surface area contributed by atoms with Gasteiger partial charge in [-0.05, 0) is 31.9 Å². The molecule has 1 saturated heterocycles. The minimum absolute atomic E-state index is 0.0743. The Morgan fingerprint density at radius 1 is 1.12 bits per heavy atom. The van der Waals surface area contributed by atoms with Crippen LogP contribution >= 0.6 is 0 Å². The molecule has 8 nitrogen and oxygen atoms in total. The summed E-state index contributed by atoms with van der Waals surface area (Å²) in [7, 11) is -3.19. The topological polar surface area (TPSA) is 92.5 Å². The van der Waals surface area contributed by atoms with Gasteiger partial charge >= 0.3 is 0 Å². The van der Waals surface area contributed by atoms with Gasteiger partial charge in [0.2, 0.25) is 10.0 Å². The predicted molar refractivity (Wildman–Crippen MR) is 92.6 cm³/mol. The Balaban J connectivity index is 1.76. The summed E-state index contributed by atoms with van der Waals surface area (Å²) in [4.78, 5) is 2.30. The van der Waals surface area contributed by atoms with Crippen molar-refractivity contribution in [2.45, 2.75) is 39.0 Å². The number of nitrogens with zero attached hydrogens (tertiary/aromatic N) is 5. The highest BCUT2D eigenvalue weighted by molar-refractivity contribution is 7.89. The smallest absolute Gasteiger partial charge is 0.211 e. The van der Waals surface area contributed by atoms with Gasteiger partial charge in [-0.15, -0.1) is 15.3 Å². The lowest BCUT2D eigenvalue weighted by Gasteiger charge is -2.21. The third-order valence-corrected chi connectivity index (χ3v) is 5.70. The van der Waals surface area contributed by atoms with Crippen molar-refractivity contribution in [3.63, 3.8) is 0 Å². The lowest BCUT2D eigenvalue weighted by molar-refractivity contribution is 0.581. The molecule has 2 aromatic heterocycles. The van der Waals surface area contributed by atoms with E-state index in [4.69, 9.17) is 0 Å². The predicted octanol–water partition coefficient (Wildman–Crippen LogP) is 0.986. The SMILES string of the molecule is CCS(=O)(=O)NCCc1nnc2ccc(N3CCCCCC3)nn12. The van der Waals surface area contributed by atoms with Crippen molar-refractivity contribution in [1.82, 2.24) is 24.5 Å². The third-order valence-electron chi connectivity index (χ3n) is 4.29. The fourth-order valence-electron chi connectivity index (χ4n) is 2.87. The van der Waals surface area contributed by atoms with Crippen LogP contribution in [0, 0.1) is 0 Å². The molecule has 0 aromatic carbocycles. The molecule has 0 bridgehead atoms. The maximum absolute atomic E-state index is 11.5. The Labute approximate surface area is 142 Å². The molecule has 0 aliphatic carbocycles. The van der Waals surface area contributed by atoms with Gasteiger partial charge in [-0.3, -0.25) is 0 Å². The molecule has 0 spiro atoms. The lowest BCUT2D eigenvalue weighted by atomic mass is 10.2. The van der Waals surface area contributed by atoms with Crippen LogP contribution in [0.15, 0.2) is 12.1 Å². The van der Waals surface area contributed by atoms with Crippen molar-refractivity contribution < 1.29 is 8.42 Å². The molecule has 1 N–H and O–H groups in total. The number of hydrogen-bond acceptors (Lipinski definition) is 6. The Hall–Kier alpha value is -1.74. The van der Waals surface area contributed by atoms with E-state index in [2.05, 4.69) is 24.9 Å². The number of hydrogen-bond donors (Lipinski definition) is 1. The van der Waals surface area contributed by atoms with Crippen LogP contribution in [0.2, 0.25) is 0 Å². The molecule has 0 radical (unpaired) electrons. The summed E-state index contributed by atoms with van der Waals surface area (Å²) < 4.78 is 27.3. The Bertz CT molecular complexity index is 780. The van der Waals surface area contributed by atoms with Gasteiger partial charge in [0.05, 0.1) is 5.75 Å². The molecule has 0 unspecified atom stereocenters. The Kier molecular flexibility index (Phi) is 5.30. The van der Waals surface area contributed by atoms with Gasteiger partial charge in [-0.25, -0.2) is 13.1 Å². The van der Waals surface area contributed by atoms with Crippen LogP contribution in [0.25, 0.3) is 5.65 Å². The van der Waals surface area contributed by atoms with Gasteiger partial charge in [0.1, 0.15) is 5.82 Å². The number of nitrogens with one attached hydrogen (secondary N) is 1. The van der Waals surface area contributed by atoms with E-state index in [9.17, 15) is 8.42 Å². The average molecular weight is 352 g/mol. The van der Waals surface area contributed by atoms with Crippen molar-refractivity contribution in [3.8, 4) is 0 Å². The second-order valence-corrected chi connectivity index (χ2v) is 8.12. The van der Waals surface area contributed by atoms with Crippen LogP contribution < -0.4 is 9.62 Å². The Morgan fingerprint density at radius 2 is 1.88 bits per heavy atom. The molecule has 24 heavy (non-hydrogen) atoms. The second kappa shape index (κ2) is 7.43. The second-order valence-electron chi connectivity index (χ2n) is 6.03. The average Bonchev–Trinajstić information content (AvgIpc) is 2.80. The normalized spacial score (nSPS) is 16.5. The molecule has 3 heterocycles. The van der Waals surface area contributed by atoms with Crippen molar-refractivity contribution in [1.29, 1.82) is 0 Å². The molecule has 0 atom stereocenters. The molecule has 0 saturated carbocycles. The summed E-state index contributed by atoms with van der Waals surface area (Å²) in [5.74, 6) is 1.67. The van der Waals surface area contributed by atoms with Gasteiger partial charge in [0, 0.05) is 26.1 Å². The van der Waals surface area contributed by atoms with E-state index in [0.717, 1.165) is 18.9 Å². The van der Waals surface area contributed by atoms with Crippen molar-refractivity contribution in [2.75, 3.05) is 30.3 Å². The first-order valence-corrected chi connectivity index (χ1v) is 10.2. The van der Waals surface area contributed by atoms with Gasteiger partial charge in [0.15, 0.2) is 11.5 Å². The molecule has 2 aromatic rings. The van der Waals surface area contributed by atoms with Gasteiger partial charge in [0.25, 0.3) is 0 Å². The van der Waals surface area contributed by atoms with Crippen LogP contribution in [0.3, 0.4) is 0 Å². The zero-order valence-corrected chi connectivity index (χ0v) is 14.8. The van der Waals surface area contributed by atoms with Crippen LogP contribution in [0.4, 0.5) is 5.82 Å². The van der Waals surface area contributed by atoms with E-state index >= 15 is 0 Å². The molecule has 1 aliphatic heterocycles. The van der Waals surface area contributed by atoms with E-state index in [1.54, 1.807) is 11.4 Å². The fourth-order valence-corrected chi connectivity index (χ4v) is 3.49. The minimum atomic E-state index is -3.19. The molecule has 1 aliphatic rings. The quantitative estimate of drug-likeness (QED) is 0.833. The number of anilines is 1. The summed E-state index contributed by atoms with van der Waals surface area (Å²) in [5, 5.41) is 12.9. The van der Waals surface area contributed by atoms with Gasteiger partial charge in [-0.1, -0.05) is 12.8 Å². The van der Waals surface area contributed by atoms with E-state index in [1.165, 1.54) is 25.7 Å². The van der Waals surface area contributed by atoms with Crippen molar-refractivity contribution in [3.05, 3.63) is 18.0 Å². The zero-order valence-electron chi connectivity index (χ0n) is 14.0. The molecule has 1 fully saturated rings. The maximum atomic E-state index is 11.5. The van der Waals surface area contributed by atoms with Crippen molar-refractivity contribution >= 4 is 21.5 Å². The first kappa shape index (κ1) is 17.1. The summed E-state index contributed by atoms with van der Waals surface area (Å²) >= 11 is 0. The molecule has 3 rings (SSSR count).